The Balaban J connectivity index is 1.84. The molecule has 8 aromatic carbocycles. The van der Waals surface area contributed by atoms with Crippen molar-refractivity contribution in [3.05, 3.63) is 157 Å². The largest absolute Gasteiger partial charge is 0.0636 e. The molecular formula is C40H26. The molecule has 186 valence electrons. The van der Waals surface area contributed by atoms with Crippen LogP contribution in [0.2, 0.25) is 0 Å². The van der Waals surface area contributed by atoms with Crippen molar-refractivity contribution < 1.29 is 34.3 Å². The number of hydrogen-bond acceptors (Lipinski definition) is 0. The number of benzene rings is 8. The van der Waals surface area contributed by atoms with Crippen molar-refractivity contribution in [2.45, 2.75) is 0 Å². The van der Waals surface area contributed by atoms with Gasteiger partial charge in [0.05, 0.1) is 34.3 Å². The van der Waals surface area contributed by atoms with E-state index in [4.69, 9.17) is 23.3 Å². The van der Waals surface area contributed by atoms with Crippen molar-refractivity contribution in [1.29, 1.82) is 0 Å². The lowest BCUT2D eigenvalue weighted by Gasteiger charge is -2.20. The summed E-state index contributed by atoms with van der Waals surface area (Å²) in [4.78, 5) is 0. The highest BCUT2D eigenvalue weighted by atomic mass is 14.2. The molecule has 0 unspecified atom stereocenters. The van der Waals surface area contributed by atoms with Crippen LogP contribution in [0.25, 0.3) is 76.5 Å². The summed E-state index contributed by atoms with van der Waals surface area (Å²) in [5.74, 6) is 0. The van der Waals surface area contributed by atoms with E-state index in [1.807, 2.05) is 0 Å². The molecule has 0 heteroatoms. The monoisotopic (exact) mass is 531 g/mol. The Morgan fingerprint density at radius 2 is 0.850 bits per heavy atom. The van der Waals surface area contributed by atoms with Gasteiger partial charge in [0.15, 0.2) is 0 Å². The molecule has 0 heterocycles. The fraction of sp³-hybridized carbons (Fsp3) is 0. The van der Waals surface area contributed by atoms with Gasteiger partial charge < -0.3 is 0 Å². The normalized spacial score (nSPS) is 20.2. The zero-order chi connectivity index (χ0) is 48.2. The first-order valence-electron chi connectivity index (χ1n) is 24.3. The van der Waals surface area contributed by atoms with E-state index in [1.165, 1.54) is 0 Å². The highest BCUT2D eigenvalue weighted by molar-refractivity contribution is 6.25. The molecule has 0 atom stereocenters. The second-order valence-corrected chi connectivity index (χ2v) is 8.58. The second-order valence-electron chi connectivity index (χ2n) is 8.58. The van der Waals surface area contributed by atoms with Gasteiger partial charge in [-0.05, 0) is 88.6 Å². The second kappa shape index (κ2) is 9.22. The van der Waals surface area contributed by atoms with E-state index in [0.29, 0.717) is 0 Å². The van der Waals surface area contributed by atoms with Gasteiger partial charge >= 0.3 is 0 Å². The molecule has 0 aliphatic carbocycles. The maximum atomic E-state index is 9.87. The molecule has 8 aromatic rings. The van der Waals surface area contributed by atoms with E-state index in [0.717, 1.165) is 6.07 Å². The van der Waals surface area contributed by atoms with Gasteiger partial charge in [0.25, 0.3) is 0 Å². The van der Waals surface area contributed by atoms with Crippen LogP contribution >= 0.6 is 0 Å². The first-order chi connectivity index (χ1) is 30.3. The predicted octanol–water partition coefficient (Wildman–Crippen LogP) is 11.3. The van der Waals surface area contributed by atoms with E-state index in [9.17, 15) is 11.0 Å². The summed E-state index contributed by atoms with van der Waals surface area (Å²) in [6.45, 7) is 0. The van der Waals surface area contributed by atoms with E-state index in [2.05, 4.69) is 0 Å². The molecule has 0 aliphatic rings. The third-order valence-corrected chi connectivity index (χ3v) is 6.45. The van der Waals surface area contributed by atoms with Crippen molar-refractivity contribution in [2.24, 2.45) is 0 Å². The molecule has 0 aliphatic heterocycles. The summed E-state index contributed by atoms with van der Waals surface area (Å²) in [6.07, 6.45) is 0. The van der Waals surface area contributed by atoms with Gasteiger partial charge in [-0.25, -0.2) is 0 Å². The van der Waals surface area contributed by atoms with Crippen molar-refractivity contribution >= 4 is 43.1 Å². The molecule has 0 saturated heterocycles. The van der Waals surface area contributed by atoms with E-state index >= 15 is 0 Å². The molecule has 0 aromatic heterocycles. The van der Waals surface area contributed by atoms with E-state index in [1.54, 1.807) is 0 Å². The Bertz CT molecular complexity index is 3480. The van der Waals surface area contributed by atoms with Crippen LogP contribution in [0, 0.1) is 0 Å². The quantitative estimate of drug-likeness (QED) is 0.199. The fourth-order valence-corrected chi connectivity index (χ4v) is 4.81. The molecule has 8 rings (SSSR count). The molecule has 0 radical (unpaired) electrons. The molecule has 0 N–H and O–H groups in total. The first kappa shape index (κ1) is 8.91. The van der Waals surface area contributed by atoms with Gasteiger partial charge in [0.1, 0.15) is 0 Å². The van der Waals surface area contributed by atoms with Gasteiger partial charge in [-0.1, -0.05) is 145 Å². The van der Waals surface area contributed by atoms with Crippen LogP contribution in [0.15, 0.2) is 157 Å². The van der Waals surface area contributed by atoms with Crippen LogP contribution in [0.3, 0.4) is 0 Å². The summed E-state index contributed by atoms with van der Waals surface area (Å²) < 4.78 is 223. The Kier molecular flexibility index (Phi) is 2.05. The van der Waals surface area contributed by atoms with Gasteiger partial charge in [0.2, 0.25) is 0 Å². The predicted molar refractivity (Wildman–Crippen MR) is 173 cm³/mol. The topological polar surface area (TPSA) is 0 Å². The Hall–Kier alpha value is -5.20. The zero-order valence-electron chi connectivity index (χ0n) is 45.1. The Morgan fingerprint density at radius 3 is 1.55 bits per heavy atom. The highest BCUT2D eigenvalue weighted by Gasteiger charge is 2.19. The van der Waals surface area contributed by atoms with Crippen LogP contribution in [-0.4, -0.2) is 0 Å². The summed E-state index contributed by atoms with van der Waals surface area (Å²) in [6, 6.07) is -21.6. The van der Waals surface area contributed by atoms with Gasteiger partial charge in [-0.15, -0.1) is 0 Å². The van der Waals surface area contributed by atoms with E-state index in [-0.39, 0.29) is 5.39 Å². The van der Waals surface area contributed by atoms with Crippen molar-refractivity contribution in [2.75, 3.05) is 0 Å². The molecular weight excluding hydrogens is 480 g/mol. The minimum atomic E-state index is -1.03. The van der Waals surface area contributed by atoms with Crippen LogP contribution in [0.5, 0.6) is 0 Å². The van der Waals surface area contributed by atoms with Gasteiger partial charge in [-0.3, -0.25) is 0 Å². The number of rotatable bonds is 3. The van der Waals surface area contributed by atoms with Crippen molar-refractivity contribution in [3.8, 4) is 33.4 Å². The lowest BCUT2D eigenvalue weighted by atomic mass is 9.83. The highest BCUT2D eigenvalue weighted by Crippen LogP contribution is 2.47. The third-order valence-electron chi connectivity index (χ3n) is 6.45. The van der Waals surface area contributed by atoms with Gasteiger partial charge in [0, 0.05) is 0 Å². The SMILES string of the molecule is [2H]c1cc2c(-c3c4c([2H])c([2H])c([2H])c([2H])c4c(-c4c([2H])c(-c5c([2H])c([2H])c([2H])c([2H])c5[2H])c([2H])c5c([2H])c([2H])c([2H])c([2H])c45)c4c([2H])c([2H])c([2H])c([2H])c34)c([2H])c([2H])c([2H])c2c([2H])c1[2H]. The third kappa shape index (κ3) is 3.54. The first-order valence-corrected chi connectivity index (χ1v) is 11.8. The average Bonchev–Trinajstić information content (AvgIpc) is 3.27. The Morgan fingerprint density at radius 1 is 0.325 bits per heavy atom. The molecule has 40 heavy (non-hydrogen) atoms. The van der Waals surface area contributed by atoms with Crippen LogP contribution in [0.4, 0.5) is 0 Å². The lowest BCUT2D eigenvalue weighted by molar-refractivity contribution is 1.63. The smallest absolute Gasteiger partial charge is 0.0622 e. The zero-order valence-corrected chi connectivity index (χ0v) is 20.1. The van der Waals surface area contributed by atoms with Crippen LogP contribution < -0.4 is 0 Å². The summed E-state index contributed by atoms with van der Waals surface area (Å²) in [7, 11) is 0. The van der Waals surface area contributed by atoms with Crippen molar-refractivity contribution in [3.63, 3.8) is 0 Å². The molecule has 0 bridgehead atoms. The fourth-order valence-electron chi connectivity index (χ4n) is 4.81. The minimum Gasteiger partial charge on any atom is -0.0622 e. The summed E-state index contributed by atoms with van der Waals surface area (Å²) in [5, 5.41) is -4.99. The average molecular weight is 532 g/mol. The van der Waals surface area contributed by atoms with Crippen LogP contribution in [-0.2, 0) is 0 Å². The number of fused-ring (bicyclic) bond motifs is 4. The standard InChI is InChI=1S/C40H26/c1-2-13-27(14-3-1)30-25-29-16-5-7-19-32(29)38(26-30)40-36-22-10-8-20-34(36)39(35-21-9-11-23-37(35)40)33-24-12-17-28-15-4-6-18-31(28)33/h1-26H/i1D,2D,3D,4D,5D,6D,7D,8D,9D,10D,11D,12D,13D,14D,15D,16D,17D,19D,20D,21D,22D,23D,24D,25D,26D. The molecule has 0 spiro atoms. The summed E-state index contributed by atoms with van der Waals surface area (Å²) in [5.41, 5.74) is -4.26. The van der Waals surface area contributed by atoms with Gasteiger partial charge in [-0.2, -0.15) is 0 Å². The van der Waals surface area contributed by atoms with Crippen LogP contribution in [0.1, 0.15) is 34.3 Å². The number of hydrogen-bond donors (Lipinski definition) is 0. The molecule has 0 fully saturated rings. The summed E-state index contributed by atoms with van der Waals surface area (Å²) >= 11 is 0. The molecule has 0 nitrogen and oxygen atoms in total. The molecule has 0 amide bonds. The Labute approximate surface area is 268 Å². The lowest BCUT2D eigenvalue weighted by Crippen LogP contribution is -1.93. The maximum absolute atomic E-state index is 9.87. The van der Waals surface area contributed by atoms with Crippen molar-refractivity contribution in [1.82, 2.24) is 0 Å². The molecule has 0 saturated carbocycles. The maximum Gasteiger partial charge on any atom is 0.0636 e. The van der Waals surface area contributed by atoms with E-state index < -0.39 is 222 Å². The minimum absolute atomic E-state index is 0.361.